The van der Waals surface area contributed by atoms with Gasteiger partial charge >= 0.3 is 0 Å². The van der Waals surface area contributed by atoms with Crippen molar-refractivity contribution in [3.63, 3.8) is 0 Å². The van der Waals surface area contributed by atoms with Gasteiger partial charge in [0.2, 0.25) is 5.91 Å². The number of hydrogen-bond donors (Lipinski definition) is 2. The highest BCUT2D eigenvalue weighted by molar-refractivity contribution is 5.94. The van der Waals surface area contributed by atoms with Crippen molar-refractivity contribution in [3.8, 4) is 0 Å². The van der Waals surface area contributed by atoms with E-state index in [1.54, 1.807) is 18.9 Å². The number of aromatic amines is 1. The summed E-state index contributed by atoms with van der Waals surface area (Å²) in [5.41, 5.74) is -0.857. The molecule has 0 spiro atoms. The van der Waals surface area contributed by atoms with Crippen LogP contribution in [0.2, 0.25) is 0 Å². The molecule has 0 aromatic carbocycles. The first-order valence-electron chi connectivity index (χ1n) is 9.10. The molecule has 0 bridgehead atoms. The van der Waals surface area contributed by atoms with Crippen LogP contribution < -0.4 is 10.9 Å². The van der Waals surface area contributed by atoms with Crippen molar-refractivity contribution in [2.24, 2.45) is 0 Å². The molecule has 2 aliphatic rings. The van der Waals surface area contributed by atoms with Crippen LogP contribution in [-0.2, 0) is 14.3 Å². The van der Waals surface area contributed by atoms with Crippen molar-refractivity contribution >= 4 is 11.8 Å². The first-order valence-corrected chi connectivity index (χ1v) is 9.10. The molecular formula is C18H26N4O5. The Labute approximate surface area is 157 Å². The highest BCUT2D eigenvalue weighted by Crippen LogP contribution is 2.42. The zero-order valence-electron chi connectivity index (χ0n) is 15.9. The molecule has 27 heavy (non-hydrogen) atoms. The monoisotopic (exact) mass is 378 g/mol. The van der Waals surface area contributed by atoms with Crippen molar-refractivity contribution in [3.05, 3.63) is 27.9 Å². The maximum Gasteiger partial charge on any atom is 0.263 e. The predicted octanol–water partition coefficient (Wildman–Crippen LogP) is -0.00688. The summed E-state index contributed by atoms with van der Waals surface area (Å²) in [6, 6.07) is -0.277. The number of aromatic nitrogens is 2. The van der Waals surface area contributed by atoms with Crippen LogP contribution in [0.1, 0.15) is 41.9 Å². The number of aryl methyl sites for hydroxylation is 1. The van der Waals surface area contributed by atoms with Gasteiger partial charge in [-0.3, -0.25) is 14.4 Å². The van der Waals surface area contributed by atoms with Gasteiger partial charge in [-0.25, -0.2) is 4.98 Å². The van der Waals surface area contributed by atoms with Gasteiger partial charge in [0.25, 0.3) is 11.5 Å². The zero-order chi connectivity index (χ0) is 19.6. The van der Waals surface area contributed by atoms with E-state index in [2.05, 4.69) is 15.3 Å². The second-order valence-electron chi connectivity index (χ2n) is 7.22. The number of methoxy groups -OCH3 is 2. The summed E-state index contributed by atoms with van der Waals surface area (Å²) in [6.45, 7) is 2.17. The van der Waals surface area contributed by atoms with Crippen LogP contribution in [0.5, 0.6) is 0 Å². The molecule has 9 nitrogen and oxygen atoms in total. The first-order chi connectivity index (χ1) is 12.9. The van der Waals surface area contributed by atoms with Gasteiger partial charge in [-0.15, -0.1) is 0 Å². The van der Waals surface area contributed by atoms with E-state index >= 15 is 0 Å². The summed E-state index contributed by atoms with van der Waals surface area (Å²) in [6.07, 6.45) is 4.11. The average Bonchev–Trinajstić information content (AvgIpc) is 3.01. The second-order valence-corrected chi connectivity index (χ2v) is 7.22. The number of hydrogen-bond acceptors (Lipinski definition) is 6. The average molecular weight is 378 g/mol. The van der Waals surface area contributed by atoms with E-state index in [9.17, 15) is 14.4 Å². The lowest BCUT2D eigenvalue weighted by molar-refractivity contribution is -0.126. The lowest BCUT2D eigenvalue weighted by atomic mass is 9.78. The van der Waals surface area contributed by atoms with E-state index in [0.29, 0.717) is 25.2 Å². The van der Waals surface area contributed by atoms with Crippen LogP contribution in [0.15, 0.2) is 11.0 Å². The van der Waals surface area contributed by atoms with Crippen LogP contribution >= 0.6 is 0 Å². The van der Waals surface area contributed by atoms with Crippen LogP contribution in [0.4, 0.5) is 0 Å². The van der Waals surface area contributed by atoms with Crippen LogP contribution in [0.3, 0.4) is 0 Å². The Morgan fingerprint density at radius 1 is 1.41 bits per heavy atom. The van der Waals surface area contributed by atoms with Gasteiger partial charge in [0.05, 0.1) is 11.6 Å². The SMILES string of the molecule is COCC(=O)N[C@@H]1CC[C@@]2(OC)CCN(C(=O)c3cnc(C)[nH]c3=O)[C@H]2C1. The highest BCUT2D eigenvalue weighted by atomic mass is 16.5. The molecule has 1 saturated heterocycles. The molecule has 0 radical (unpaired) electrons. The largest absolute Gasteiger partial charge is 0.376 e. The number of carbonyl (C=O) groups excluding carboxylic acids is 2. The van der Waals surface area contributed by atoms with Gasteiger partial charge in [0, 0.05) is 33.0 Å². The Morgan fingerprint density at radius 2 is 2.19 bits per heavy atom. The molecule has 1 aromatic rings. The molecule has 148 valence electrons. The topological polar surface area (TPSA) is 114 Å². The molecule has 2 N–H and O–H groups in total. The minimum absolute atomic E-state index is 0.00362. The normalized spacial score (nSPS) is 27.3. The van der Waals surface area contributed by atoms with Crippen molar-refractivity contribution < 1.29 is 19.1 Å². The lowest BCUT2D eigenvalue weighted by Gasteiger charge is -2.43. The number of fused-ring (bicyclic) bond motifs is 1. The summed E-state index contributed by atoms with van der Waals surface area (Å²) in [7, 11) is 3.13. The van der Waals surface area contributed by atoms with E-state index < -0.39 is 11.2 Å². The molecule has 2 amide bonds. The van der Waals surface area contributed by atoms with Crippen molar-refractivity contribution in [1.82, 2.24) is 20.2 Å². The van der Waals surface area contributed by atoms with Gasteiger partial charge in [-0.1, -0.05) is 0 Å². The molecule has 2 heterocycles. The Hall–Kier alpha value is -2.26. The Bertz CT molecular complexity index is 779. The summed E-state index contributed by atoms with van der Waals surface area (Å²) < 4.78 is 10.7. The number of nitrogens with one attached hydrogen (secondary N) is 2. The van der Waals surface area contributed by atoms with Gasteiger partial charge in [-0.2, -0.15) is 0 Å². The van der Waals surface area contributed by atoms with E-state index in [4.69, 9.17) is 9.47 Å². The standard InChI is InChI=1S/C18H26N4O5/c1-11-19-9-13(16(24)20-11)17(25)22-7-6-18(27-3)5-4-12(8-14(18)22)21-15(23)10-26-2/h9,12,14H,4-8,10H2,1-3H3,(H,21,23)(H,19,20,24)/t12-,14+,18-/m1/s1. The van der Waals surface area contributed by atoms with Crippen LogP contribution in [0.25, 0.3) is 0 Å². The van der Waals surface area contributed by atoms with Crippen molar-refractivity contribution in [2.75, 3.05) is 27.4 Å². The number of ether oxygens (including phenoxy) is 2. The molecule has 1 saturated carbocycles. The molecular weight excluding hydrogens is 352 g/mol. The predicted molar refractivity (Wildman–Crippen MR) is 96.4 cm³/mol. The van der Waals surface area contributed by atoms with Gasteiger partial charge in [0.1, 0.15) is 18.0 Å². The Kier molecular flexibility index (Phi) is 5.61. The molecule has 1 aliphatic heterocycles. The quantitative estimate of drug-likeness (QED) is 0.745. The summed E-state index contributed by atoms with van der Waals surface area (Å²) >= 11 is 0. The van der Waals surface area contributed by atoms with E-state index in [-0.39, 0.29) is 36.1 Å². The molecule has 0 unspecified atom stereocenters. The highest BCUT2D eigenvalue weighted by Gasteiger charge is 2.53. The summed E-state index contributed by atoms with van der Waals surface area (Å²) in [4.78, 5) is 45.4. The molecule has 1 aliphatic carbocycles. The lowest BCUT2D eigenvalue weighted by Crippen LogP contribution is -2.56. The minimum Gasteiger partial charge on any atom is -0.376 e. The number of likely N-dealkylation sites (tertiary alicyclic amines) is 1. The van der Waals surface area contributed by atoms with Crippen molar-refractivity contribution in [2.45, 2.75) is 50.3 Å². The third kappa shape index (κ3) is 3.74. The Morgan fingerprint density at radius 3 is 2.85 bits per heavy atom. The molecule has 1 aromatic heterocycles. The zero-order valence-corrected chi connectivity index (χ0v) is 15.9. The molecule has 2 fully saturated rings. The maximum atomic E-state index is 13.0. The number of H-pyrrole nitrogens is 1. The van der Waals surface area contributed by atoms with Crippen molar-refractivity contribution in [1.29, 1.82) is 0 Å². The summed E-state index contributed by atoms with van der Waals surface area (Å²) in [5.74, 6) is -0.0678. The summed E-state index contributed by atoms with van der Waals surface area (Å²) in [5, 5.41) is 2.95. The first kappa shape index (κ1) is 19.5. The van der Waals surface area contributed by atoms with Gasteiger partial charge in [0.15, 0.2) is 0 Å². The molecule has 9 heteroatoms. The minimum atomic E-state index is -0.442. The third-order valence-electron chi connectivity index (χ3n) is 5.65. The van der Waals surface area contributed by atoms with Gasteiger partial charge < -0.3 is 24.7 Å². The molecule has 3 rings (SSSR count). The number of carbonyl (C=O) groups is 2. The van der Waals surface area contributed by atoms with E-state index in [1.807, 2.05) is 0 Å². The third-order valence-corrected chi connectivity index (χ3v) is 5.65. The van der Waals surface area contributed by atoms with E-state index in [1.165, 1.54) is 13.3 Å². The smallest absolute Gasteiger partial charge is 0.263 e. The van der Waals surface area contributed by atoms with Crippen LogP contribution in [0, 0.1) is 6.92 Å². The second kappa shape index (κ2) is 7.77. The fourth-order valence-corrected chi connectivity index (χ4v) is 4.26. The van der Waals surface area contributed by atoms with Crippen LogP contribution in [-0.4, -0.2) is 71.7 Å². The van der Waals surface area contributed by atoms with E-state index in [0.717, 1.165) is 12.8 Å². The Balaban J connectivity index is 1.81. The van der Waals surface area contributed by atoms with Gasteiger partial charge in [-0.05, 0) is 32.6 Å². The maximum absolute atomic E-state index is 13.0. The fraction of sp³-hybridized carbons (Fsp3) is 0.667. The number of amides is 2. The molecule has 3 atom stereocenters. The number of nitrogens with zero attached hydrogens (tertiary/aromatic N) is 2. The fourth-order valence-electron chi connectivity index (χ4n) is 4.26. The number of rotatable bonds is 5.